The molecule has 0 aliphatic heterocycles. The molecule has 0 aromatic heterocycles. The number of rotatable bonds is 4. The van der Waals surface area contributed by atoms with Gasteiger partial charge < -0.3 is 0 Å². The first kappa shape index (κ1) is 31.3. The fourth-order valence-electron chi connectivity index (χ4n) is 3.60. The van der Waals surface area contributed by atoms with Crippen molar-refractivity contribution in [2.75, 3.05) is 0 Å². The van der Waals surface area contributed by atoms with Crippen LogP contribution in [0, 0.1) is 0 Å². The molecule has 1 aliphatic rings. The molecule has 6 nitrogen and oxygen atoms in total. The van der Waals surface area contributed by atoms with Crippen LogP contribution in [0.25, 0.3) is 0 Å². The summed E-state index contributed by atoms with van der Waals surface area (Å²) < 4.78 is 55.2. The lowest BCUT2D eigenvalue weighted by Gasteiger charge is -2.26. The first-order chi connectivity index (χ1) is 15.7. The van der Waals surface area contributed by atoms with Crippen LogP contribution < -0.4 is 9.44 Å². The zero-order valence-corrected chi connectivity index (χ0v) is 24.0. The van der Waals surface area contributed by atoms with Gasteiger partial charge >= 0.3 is 0 Å². The van der Waals surface area contributed by atoms with Gasteiger partial charge in [0.25, 0.3) is 0 Å². The molecule has 2 N–H and O–H groups in total. The molecule has 0 fully saturated rings. The second-order valence-electron chi connectivity index (χ2n) is 11.5. The smallest absolute Gasteiger partial charge is 0.212 e. The molecule has 0 bridgehead atoms. The van der Waals surface area contributed by atoms with Crippen LogP contribution in [-0.2, 0) is 20.0 Å². The van der Waals surface area contributed by atoms with Crippen LogP contribution in [0.4, 0.5) is 0 Å². The van der Waals surface area contributed by atoms with Crippen molar-refractivity contribution in [3.05, 3.63) is 24.3 Å². The van der Waals surface area contributed by atoms with Crippen molar-refractivity contribution in [3.63, 3.8) is 0 Å². The van der Waals surface area contributed by atoms with E-state index < -0.39 is 29.5 Å². The summed E-state index contributed by atoms with van der Waals surface area (Å²) in [5, 5.41) is 0. The maximum absolute atomic E-state index is 12.8. The lowest BCUT2D eigenvalue weighted by molar-refractivity contribution is 0.508. The van der Waals surface area contributed by atoms with Crippen LogP contribution in [0.5, 0.6) is 0 Å². The van der Waals surface area contributed by atoms with Crippen LogP contribution in [0.1, 0.15) is 119 Å². The minimum Gasteiger partial charge on any atom is -0.212 e. The lowest BCUT2D eigenvalue weighted by Crippen LogP contribution is -2.45. The Morgan fingerprint density at radius 3 is 1.21 bits per heavy atom. The van der Waals surface area contributed by atoms with E-state index in [4.69, 9.17) is 0 Å². The summed E-state index contributed by atoms with van der Waals surface area (Å²) in [4.78, 5) is 0. The van der Waals surface area contributed by atoms with Gasteiger partial charge in [0, 0.05) is 12.1 Å². The predicted molar refractivity (Wildman–Crippen MR) is 145 cm³/mol. The van der Waals surface area contributed by atoms with Crippen LogP contribution in [-0.4, -0.2) is 38.4 Å². The summed E-state index contributed by atoms with van der Waals surface area (Å²) in [5.41, 5.74) is 0. The zero-order valence-electron chi connectivity index (χ0n) is 22.4. The van der Waals surface area contributed by atoms with Gasteiger partial charge in [-0.25, -0.2) is 26.3 Å². The molecule has 34 heavy (non-hydrogen) atoms. The van der Waals surface area contributed by atoms with Crippen molar-refractivity contribution in [1.82, 2.24) is 9.44 Å². The number of allylic oxidation sites excluding steroid dienone is 2. The highest BCUT2D eigenvalue weighted by Gasteiger charge is 2.32. The summed E-state index contributed by atoms with van der Waals surface area (Å²) in [5.74, 6) is 0. The van der Waals surface area contributed by atoms with Gasteiger partial charge in [-0.15, -0.1) is 0 Å². The third-order valence-electron chi connectivity index (χ3n) is 6.24. The van der Waals surface area contributed by atoms with Gasteiger partial charge in [0.15, 0.2) is 0 Å². The summed E-state index contributed by atoms with van der Waals surface area (Å²) in [6, 6.07) is -0.714. The third-order valence-corrected chi connectivity index (χ3v) is 10.7. The molecule has 1 rings (SSSR count). The van der Waals surface area contributed by atoms with E-state index in [0.717, 1.165) is 64.2 Å². The molecule has 0 spiro atoms. The highest BCUT2D eigenvalue weighted by molar-refractivity contribution is 7.91. The van der Waals surface area contributed by atoms with Crippen molar-refractivity contribution >= 4 is 20.0 Å². The maximum atomic E-state index is 12.8. The molecule has 0 aromatic carbocycles. The molecule has 0 saturated heterocycles. The molecule has 0 heterocycles. The first-order valence-electron chi connectivity index (χ1n) is 13.0. The molecular formula is C26H50N2O4S2. The predicted octanol–water partition coefficient (Wildman–Crippen LogP) is 5.97. The average Bonchev–Trinajstić information content (AvgIpc) is 2.68. The van der Waals surface area contributed by atoms with Crippen molar-refractivity contribution in [2.24, 2.45) is 0 Å². The second-order valence-corrected chi connectivity index (χ2v) is 16.5. The number of sulfonamides is 2. The highest BCUT2D eigenvalue weighted by atomic mass is 32.2. The van der Waals surface area contributed by atoms with Gasteiger partial charge in [0.2, 0.25) is 20.0 Å². The quantitative estimate of drug-likeness (QED) is 0.449. The molecule has 8 heteroatoms. The van der Waals surface area contributed by atoms with Crippen molar-refractivity contribution < 1.29 is 16.8 Å². The van der Waals surface area contributed by atoms with Crippen molar-refractivity contribution in [2.45, 2.75) is 140 Å². The maximum Gasteiger partial charge on any atom is 0.217 e. The topological polar surface area (TPSA) is 92.3 Å². The molecule has 200 valence electrons. The Hall–Kier alpha value is -0.700. The van der Waals surface area contributed by atoms with Crippen LogP contribution >= 0.6 is 0 Å². The largest absolute Gasteiger partial charge is 0.217 e. The summed E-state index contributed by atoms with van der Waals surface area (Å²) >= 11 is 0. The van der Waals surface area contributed by atoms with Crippen LogP contribution in [0.3, 0.4) is 0 Å². The Bertz CT molecular complexity index is 778. The van der Waals surface area contributed by atoms with Gasteiger partial charge in [0.05, 0.1) is 9.49 Å². The van der Waals surface area contributed by atoms with Gasteiger partial charge in [0.1, 0.15) is 0 Å². The number of hydrogen-bond acceptors (Lipinski definition) is 4. The first-order valence-corrected chi connectivity index (χ1v) is 16.0. The third kappa shape index (κ3) is 11.8. The van der Waals surface area contributed by atoms with Gasteiger partial charge in [-0.2, -0.15) is 0 Å². The van der Waals surface area contributed by atoms with Crippen LogP contribution in [0.15, 0.2) is 24.3 Å². The Labute approximate surface area is 210 Å². The molecule has 0 saturated carbocycles. The SMILES string of the molecule is CC(C)(C)S(=O)(=O)N[C@H]1/C=C/[C@H](NS(=O)(=O)C(C)(C)C)CCCCCC/C=C/CCCCCC1. The fraction of sp³-hybridized carbons (Fsp3) is 0.846. The molecular weight excluding hydrogens is 468 g/mol. The summed E-state index contributed by atoms with van der Waals surface area (Å²) in [6.45, 7) is 10.1. The normalized spacial score (nSPS) is 25.7. The van der Waals surface area contributed by atoms with Gasteiger partial charge in [-0.1, -0.05) is 62.8 Å². The Morgan fingerprint density at radius 1 is 0.559 bits per heavy atom. The van der Waals surface area contributed by atoms with E-state index in [2.05, 4.69) is 21.6 Å². The van der Waals surface area contributed by atoms with Crippen LogP contribution in [0.2, 0.25) is 0 Å². The number of hydrogen-bond donors (Lipinski definition) is 2. The van der Waals surface area contributed by atoms with E-state index in [1.54, 1.807) is 41.5 Å². The zero-order chi connectivity index (χ0) is 25.9. The fourth-order valence-corrected chi connectivity index (χ4v) is 5.50. The minimum absolute atomic E-state index is 0.357. The van der Waals surface area contributed by atoms with E-state index in [9.17, 15) is 16.8 Å². The summed E-state index contributed by atoms with van der Waals surface area (Å²) in [6.07, 6.45) is 20.4. The molecule has 0 unspecified atom stereocenters. The molecule has 0 radical (unpaired) electrons. The summed E-state index contributed by atoms with van der Waals surface area (Å²) in [7, 11) is -7.04. The molecule has 1 aliphatic carbocycles. The highest BCUT2D eigenvalue weighted by Crippen LogP contribution is 2.19. The van der Waals surface area contributed by atoms with Crippen molar-refractivity contribution in [1.29, 1.82) is 0 Å². The van der Waals surface area contributed by atoms with E-state index in [1.165, 1.54) is 0 Å². The Kier molecular flexibility index (Phi) is 13.0. The molecule has 2 atom stereocenters. The second kappa shape index (κ2) is 14.1. The Morgan fingerprint density at radius 2 is 0.882 bits per heavy atom. The minimum atomic E-state index is -3.52. The van der Waals surface area contributed by atoms with E-state index in [-0.39, 0.29) is 12.1 Å². The molecule has 0 aromatic rings. The number of nitrogens with one attached hydrogen (secondary N) is 2. The van der Waals surface area contributed by atoms with Crippen molar-refractivity contribution in [3.8, 4) is 0 Å². The van der Waals surface area contributed by atoms with Gasteiger partial charge in [-0.3, -0.25) is 0 Å². The monoisotopic (exact) mass is 518 g/mol. The van der Waals surface area contributed by atoms with E-state index in [1.807, 2.05) is 12.2 Å². The molecule has 0 amide bonds. The lowest BCUT2D eigenvalue weighted by atomic mass is 10.0. The average molecular weight is 519 g/mol. The van der Waals surface area contributed by atoms with E-state index >= 15 is 0 Å². The van der Waals surface area contributed by atoms with Gasteiger partial charge in [-0.05, 0) is 80.1 Å². The standard InChI is InChI=1S/C26H50N2O4S2/c1-25(2,3)33(29,30)27-23-19-17-15-13-11-9-7-8-10-12-14-16-18-20-24(22-21-23)28-34(31,32)26(4,5)6/h7-8,21-24,27-28H,9-20H2,1-6H3/b8-7+,22-21+/t23-,24-/m1/s1. The Balaban J connectivity index is 3.09. The van der Waals surface area contributed by atoms with E-state index in [0.29, 0.717) is 12.8 Å².